The number of nitrogens with zero attached hydrogens (tertiary/aromatic N) is 4. The van der Waals surface area contributed by atoms with E-state index in [1.165, 1.54) is 12.8 Å². The van der Waals surface area contributed by atoms with Gasteiger partial charge in [0.25, 0.3) is 0 Å². The molecule has 0 saturated carbocycles. The first-order valence-electron chi connectivity index (χ1n) is 9.04. The molecule has 3 rings (SSSR count). The van der Waals surface area contributed by atoms with Crippen LogP contribution < -0.4 is 4.90 Å². The van der Waals surface area contributed by atoms with Crippen molar-refractivity contribution >= 4 is 28.4 Å². The average molecular weight is 496 g/mol. The first-order chi connectivity index (χ1) is 14.7. The number of carbonyl (C=O) groups is 2. The third-order valence-electron chi connectivity index (χ3n) is 4.40. The Bertz CT molecular complexity index is 709. The summed E-state index contributed by atoms with van der Waals surface area (Å²) in [5.74, 6) is -5.51. The van der Waals surface area contributed by atoms with Gasteiger partial charge in [0.15, 0.2) is 0 Å². The highest BCUT2D eigenvalue weighted by molar-refractivity contribution is 7.13. The minimum atomic E-state index is -5.08. The molecule has 1 unspecified atom stereocenters. The highest BCUT2D eigenvalue weighted by Gasteiger charge is 2.40. The predicted octanol–water partition coefficient (Wildman–Crippen LogP) is 2.35. The third kappa shape index (κ3) is 9.52. The van der Waals surface area contributed by atoms with E-state index in [0.29, 0.717) is 0 Å². The molecule has 9 nitrogen and oxygen atoms in total. The Morgan fingerprint density at radius 2 is 1.66 bits per heavy atom. The maximum atomic E-state index is 10.6. The van der Waals surface area contributed by atoms with Crippen molar-refractivity contribution in [2.45, 2.75) is 25.2 Å². The molecule has 2 saturated heterocycles. The van der Waals surface area contributed by atoms with E-state index in [4.69, 9.17) is 24.5 Å². The summed E-state index contributed by atoms with van der Waals surface area (Å²) < 4.78 is 69.3. The molecule has 2 N–H and O–H groups in total. The number of aromatic nitrogens is 2. The molecule has 0 bridgehead atoms. The summed E-state index contributed by atoms with van der Waals surface area (Å²) in [7, 11) is 2.19. The van der Waals surface area contributed by atoms with Crippen LogP contribution in [0.25, 0.3) is 0 Å². The number of ether oxygens (including phenoxy) is 1. The van der Waals surface area contributed by atoms with Gasteiger partial charge in [-0.15, -0.1) is 10.2 Å². The zero-order chi connectivity index (χ0) is 24.6. The van der Waals surface area contributed by atoms with E-state index in [0.717, 1.165) is 44.5 Å². The van der Waals surface area contributed by atoms with Crippen molar-refractivity contribution in [2.24, 2.45) is 5.41 Å². The largest absolute Gasteiger partial charge is 0.490 e. The fraction of sp³-hybridized carbons (Fsp3) is 0.750. The molecular weight excluding hydrogens is 474 g/mol. The highest BCUT2D eigenvalue weighted by atomic mass is 32.1. The summed E-state index contributed by atoms with van der Waals surface area (Å²) in [6, 6.07) is 0. The van der Waals surface area contributed by atoms with Crippen LogP contribution >= 0.6 is 11.3 Å². The number of alkyl halides is 6. The highest BCUT2D eigenvalue weighted by Crippen LogP contribution is 2.35. The second-order valence-corrected chi connectivity index (χ2v) is 7.95. The third-order valence-corrected chi connectivity index (χ3v) is 5.15. The van der Waals surface area contributed by atoms with Crippen LogP contribution in [0.15, 0.2) is 5.51 Å². The molecule has 1 atom stereocenters. The molecule has 1 aromatic rings. The fourth-order valence-corrected chi connectivity index (χ4v) is 3.72. The molecule has 2 aliphatic rings. The van der Waals surface area contributed by atoms with E-state index in [2.05, 4.69) is 27.0 Å². The molecule has 184 valence electrons. The summed E-state index contributed by atoms with van der Waals surface area (Å²) in [6.45, 7) is 6.06. The van der Waals surface area contributed by atoms with Crippen molar-refractivity contribution < 1.29 is 50.9 Å². The molecule has 32 heavy (non-hydrogen) atoms. The van der Waals surface area contributed by atoms with Crippen LogP contribution in [0.3, 0.4) is 0 Å². The number of piperidine rings is 1. The van der Waals surface area contributed by atoms with E-state index < -0.39 is 24.3 Å². The van der Waals surface area contributed by atoms with Gasteiger partial charge >= 0.3 is 24.3 Å². The number of hydrogen-bond donors (Lipinski definition) is 2. The van der Waals surface area contributed by atoms with Crippen LogP contribution in [0.2, 0.25) is 0 Å². The fourth-order valence-electron chi connectivity index (χ4n) is 3.13. The molecule has 3 heterocycles. The van der Waals surface area contributed by atoms with Crippen molar-refractivity contribution in [1.29, 1.82) is 0 Å². The number of rotatable bonds is 1. The zero-order valence-electron chi connectivity index (χ0n) is 16.8. The molecule has 16 heteroatoms. The molecule has 0 radical (unpaired) electrons. The Balaban J connectivity index is 0.000000305. The van der Waals surface area contributed by atoms with Gasteiger partial charge in [0.2, 0.25) is 5.13 Å². The lowest BCUT2D eigenvalue weighted by molar-refractivity contribution is -0.193. The van der Waals surface area contributed by atoms with Gasteiger partial charge in [-0.3, -0.25) is 0 Å². The summed E-state index contributed by atoms with van der Waals surface area (Å²) in [4.78, 5) is 22.6. The summed E-state index contributed by atoms with van der Waals surface area (Å²) in [5.41, 5.74) is 2.08. The minimum Gasteiger partial charge on any atom is -0.475 e. The number of carboxylic acid groups (broad SMARTS) is 2. The van der Waals surface area contributed by atoms with Gasteiger partial charge in [-0.05, 0) is 19.9 Å². The maximum Gasteiger partial charge on any atom is 0.490 e. The van der Waals surface area contributed by atoms with Gasteiger partial charge in [0, 0.05) is 31.6 Å². The normalized spacial score (nSPS) is 22.2. The van der Waals surface area contributed by atoms with Crippen molar-refractivity contribution in [3.8, 4) is 0 Å². The number of likely N-dealkylation sites (N-methyl/N-ethyl adjacent to an activating group) is 1. The van der Waals surface area contributed by atoms with Gasteiger partial charge in [0.05, 0.1) is 13.2 Å². The lowest BCUT2D eigenvalue weighted by Gasteiger charge is -2.42. The van der Waals surface area contributed by atoms with Crippen LogP contribution in [0, 0.1) is 5.41 Å². The van der Waals surface area contributed by atoms with Gasteiger partial charge in [-0.2, -0.15) is 26.3 Å². The van der Waals surface area contributed by atoms with E-state index in [-0.39, 0.29) is 5.41 Å². The standard InChI is InChI=1S/C12H20N4OS.2C2HF3O2/c1-15-5-6-17-9-12(7-15)3-2-4-16(8-12)11-14-13-10-18-11;2*3-2(4,5)1(6)7/h10H,2-9H2,1H3;2*(H,6,7). The Morgan fingerprint density at radius 1 is 1.09 bits per heavy atom. The number of carboxylic acids is 2. The quantitative estimate of drug-likeness (QED) is 0.566. The van der Waals surface area contributed by atoms with Gasteiger partial charge in [-0.25, -0.2) is 9.59 Å². The van der Waals surface area contributed by atoms with E-state index in [9.17, 15) is 26.3 Å². The molecule has 1 aromatic heterocycles. The topological polar surface area (TPSA) is 116 Å². The zero-order valence-corrected chi connectivity index (χ0v) is 17.6. The first kappa shape index (κ1) is 27.8. The van der Waals surface area contributed by atoms with Crippen LogP contribution in [0.1, 0.15) is 12.8 Å². The summed E-state index contributed by atoms with van der Waals surface area (Å²) in [6.07, 6.45) is -7.69. The van der Waals surface area contributed by atoms with Crippen LogP contribution in [-0.2, 0) is 14.3 Å². The van der Waals surface area contributed by atoms with Gasteiger partial charge in [0.1, 0.15) is 5.51 Å². The smallest absolute Gasteiger partial charge is 0.475 e. The minimum absolute atomic E-state index is 0.273. The predicted molar refractivity (Wildman–Crippen MR) is 99.5 cm³/mol. The second kappa shape index (κ2) is 11.6. The number of hydrogen-bond acceptors (Lipinski definition) is 8. The Hall–Kier alpha value is -2.20. The molecule has 0 amide bonds. The first-order valence-corrected chi connectivity index (χ1v) is 9.92. The Labute approximate surface area is 182 Å². The summed E-state index contributed by atoms with van der Waals surface area (Å²) >= 11 is 1.63. The molecule has 2 fully saturated rings. The van der Waals surface area contributed by atoms with Gasteiger partial charge < -0.3 is 24.7 Å². The Morgan fingerprint density at radius 3 is 2.12 bits per heavy atom. The number of aliphatic carboxylic acids is 2. The molecule has 1 spiro atoms. The van der Waals surface area contributed by atoms with E-state index in [1.807, 2.05) is 5.51 Å². The lowest BCUT2D eigenvalue weighted by atomic mass is 9.80. The van der Waals surface area contributed by atoms with Crippen molar-refractivity contribution in [3.05, 3.63) is 5.51 Å². The van der Waals surface area contributed by atoms with Gasteiger partial charge in [-0.1, -0.05) is 11.3 Å². The van der Waals surface area contributed by atoms with Crippen LogP contribution in [0.4, 0.5) is 31.5 Å². The molecule has 2 aliphatic heterocycles. The molecule has 0 aromatic carbocycles. The van der Waals surface area contributed by atoms with Crippen molar-refractivity contribution in [2.75, 3.05) is 51.3 Å². The SMILES string of the molecule is CN1CCOCC2(CCCN(c3nncs3)C2)C1.O=C(O)C(F)(F)F.O=C(O)C(F)(F)F. The summed E-state index contributed by atoms with van der Waals surface area (Å²) in [5, 5.41) is 23.5. The van der Waals surface area contributed by atoms with E-state index >= 15 is 0 Å². The van der Waals surface area contributed by atoms with Crippen LogP contribution in [-0.4, -0.2) is 96.0 Å². The Kier molecular flexibility index (Phi) is 10.1. The average Bonchev–Trinajstić information content (AvgIpc) is 3.14. The number of halogens is 6. The van der Waals surface area contributed by atoms with Crippen LogP contribution in [0.5, 0.6) is 0 Å². The second-order valence-electron chi connectivity index (χ2n) is 7.14. The van der Waals surface area contributed by atoms with Crippen molar-refractivity contribution in [3.63, 3.8) is 0 Å². The lowest BCUT2D eigenvalue weighted by Crippen LogP contribution is -2.50. The molecule has 0 aliphatic carbocycles. The van der Waals surface area contributed by atoms with E-state index in [1.54, 1.807) is 11.3 Å². The monoisotopic (exact) mass is 496 g/mol. The van der Waals surface area contributed by atoms with Crippen molar-refractivity contribution in [1.82, 2.24) is 15.1 Å². The molecular formula is C16H22F6N4O5S. The number of anilines is 1. The maximum absolute atomic E-state index is 10.6.